The highest BCUT2D eigenvalue weighted by molar-refractivity contribution is 6.02. The van der Waals surface area contributed by atoms with Crippen LogP contribution in [-0.4, -0.2) is 29.1 Å². The molecule has 5 nitrogen and oxygen atoms in total. The number of hydrogen-bond donors (Lipinski definition) is 2. The van der Waals surface area contributed by atoms with Gasteiger partial charge in [0.1, 0.15) is 5.82 Å². The highest BCUT2D eigenvalue weighted by Gasteiger charge is 2.16. The minimum atomic E-state index is 0.116. The van der Waals surface area contributed by atoms with Crippen LogP contribution in [0.25, 0.3) is 0 Å². The lowest BCUT2D eigenvalue weighted by atomic mass is 10.1. The molecule has 0 aromatic carbocycles. The quantitative estimate of drug-likeness (QED) is 0.351. The summed E-state index contributed by atoms with van der Waals surface area (Å²) in [5.41, 5.74) is 7.43. The molecule has 100 valence electrons. The number of amidine groups is 1. The molecule has 18 heavy (non-hydrogen) atoms. The number of unbranched alkanes of at least 4 members (excludes halogenated alkanes) is 1. The Bertz CT molecular complexity index is 417. The Morgan fingerprint density at radius 1 is 1.50 bits per heavy atom. The van der Waals surface area contributed by atoms with Gasteiger partial charge in [0.2, 0.25) is 0 Å². The fourth-order valence-corrected chi connectivity index (χ4v) is 1.91. The molecule has 0 saturated carbocycles. The predicted octanol–water partition coefficient (Wildman–Crippen LogP) is 2.11. The number of nitrogens with zero attached hydrogens (tertiary/aromatic N) is 3. The molecule has 1 aromatic rings. The highest BCUT2D eigenvalue weighted by atomic mass is 16.4. The lowest BCUT2D eigenvalue weighted by Crippen LogP contribution is -2.29. The zero-order valence-electron chi connectivity index (χ0n) is 11.3. The zero-order valence-corrected chi connectivity index (χ0v) is 11.3. The number of rotatable bonds is 6. The minimum Gasteiger partial charge on any atom is -0.409 e. The van der Waals surface area contributed by atoms with E-state index in [0.29, 0.717) is 0 Å². The Morgan fingerprint density at radius 2 is 2.22 bits per heavy atom. The lowest BCUT2D eigenvalue weighted by molar-refractivity contribution is 0.318. The van der Waals surface area contributed by atoms with Crippen LogP contribution in [0.15, 0.2) is 17.4 Å². The Labute approximate surface area is 108 Å². The molecule has 3 N–H and O–H groups in total. The second-order valence-electron chi connectivity index (χ2n) is 4.24. The SMILES string of the molecule is CCCCN(CC)c1nccc(C)c1/C(N)=N/O. The second-order valence-corrected chi connectivity index (χ2v) is 4.24. The molecule has 0 aliphatic rings. The minimum absolute atomic E-state index is 0.116. The molecule has 5 heteroatoms. The third-order valence-corrected chi connectivity index (χ3v) is 2.97. The van der Waals surface area contributed by atoms with E-state index in [0.717, 1.165) is 42.9 Å². The van der Waals surface area contributed by atoms with Crippen LogP contribution in [-0.2, 0) is 0 Å². The van der Waals surface area contributed by atoms with E-state index in [1.807, 2.05) is 13.0 Å². The van der Waals surface area contributed by atoms with E-state index in [2.05, 4.69) is 28.9 Å². The van der Waals surface area contributed by atoms with Gasteiger partial charge in [0.15, 0.2) is 5.84 Å². The summed E-state index contributed by atoms with van der Waals surface area (Å²) < 4.78 is 0. The Kier molecular flexibility index (Phi) is 5.42. The molecule has 0 bridgehead atoms. The average Bonchev–Trinajstić information content (AvgIpc) is 2.39. The first kappa shape index (κ1) is 14.3. The predicted molar refractivity (Wildman–Crippen MR) is 74.3 cm³/mol. The van der Waals surface area contributed by atoms with E-state index in [4.69, 9.17) is 10.9 Å². The summed E-state index contributed by atoms with van der Waals surface area (Å²) in [7, 11) is 0. The fraction of sp³-hybridized carbons (Fsp3) is 0.538. The van der Waals surface area contributed by atoms with Crippen molar-refractivity contribution in [1.29, 1.82) is 0 Å². The largest absolute Gasteiger partial charge is 0.409 e. The van der Waals surface area contributed by atoms with Crippen molar-refractivity contribution in [2.45, 2.75) is 33.6 Å². The summed E-state index contributed by atoms with van der Waals surface area (Å²) in [5.74, 6) is 0.909. The fourth-order valence-electron chi connectivity index (χ4n) is 1.91. The van der Waals surface area contributed by atoms with Crippen LogP contribution in [0.3, 0.4) is 0 Å². The number of aryl methyl sites for hydroxylation is 1. The van der Waals surface area contributed by atoms with Gasteiger partial charge in [0.25, 0.3) is 0 Å². The van der Waals surface area contributed by atoms with E-state index in [1.165, 1.54) is 0 Å². The second kappa shape index (κ2) is 6.83. The first-order chi connectivity index (χ1) is 8.65. The number of pyridine rings is 1. The standard InChI is InChI=1S/C13H22N4O/c1-4-6-9-17(5-2)13-11(12(14)16-18)10(3)7-8-15-13/h7-8,18H,4-6,9H2,1-3H3,(H2,14,16). The molecule has 0 radical (unpaired) electrons. The summed E-state index contributed by atoms with van der Waals surface area (Å²) in [6.45, 7) is 7.95. The molecule has 1 aromatic heterocycles. The summed E-state index contributed by atoms with van der Waals surface area (Å²) in [6, 6.07) is 1.87. The van der Waals surface area contributed by atoms with Crippen LogP contribution >= 0.6 is 0 Å². The van der Waals surface area contributed by atoms with E-state index in [-0.39, 0.29) is 5.84 Å². The Morgan fingerprint density at radius 3 is 2.78 bits per heavy atom. The van der Waals surface area contributed by atoms with Crippen LogP contribution in [0, 0.1) is 6.92 Å². The maximum atomic E-state index is 8.88. The van der Waals surface area contributed by atoms with Gasteiger partial charge in [-0.25, -0.2) is 4.98 Å². The van der Waals surface area contributed by atoms with Crippen LogP contribution in [0.5, 0.6) is 0 Å². The normalized spacial score (nSPS) is 11.6. The average molecular weight is 250 g/mol. The van der Waals surface area contributed by atoms with Gasteiger partial charge in [-0.2, -0.15) is 0 Å². The summed E-state index contributed by atoms with van der Waals surface area (Å²) in [5, 5.41) is 12.0. The maximum Gasteiger partial charge on any atom is 0.174 e. The van der Waals surface area contributed by atoms with Crippen LogP contribution < -0.4 is 10.6 Å². The van der Waals surface area contributed by atoms with Crippen molar-refractivity contribution in [2.24, 2.45) is 10.9 Å². The van der Waals surface area contributed by atoms with Gasteiger partial charge >= 0.3 is 0 Å². The van der Waals surface area contributed by atoms with Gasteiger partial charge in [-0.3, -0.25) is 0 Å². The van der Waals surface area contributed by atoms with Crippen molar-refractivity contribution in [2.75, 3.05) is 18.0 Å². The van der Waals surface area contributed by atoms with E-state index in [9.17, 15) is 0 Å². The molecule has 1 rings (SSSR count). The highest BCUT2D eigenvalue weighted by Crippen LogP contribution is 2.21. The molecule has 0 unspecified atom stereocenters. The topological polar surface area (TPSA) is 74.7 Å². The molecule has 0 saturated heterocycles. The summed E-state index contributed by atoms with van der Waals surface area (Å²) >= 11 is 0. The van der Waals surface area contributed by atoms with Crippen molar-refractivity contribution in [3.05, 3.63) is 23.4 Å². The molecule has 0 aliphatic heterocycles. The van der Waals surface area contributed by atoms with Gasteiger partial charge < -0.3 is 15.8 Å². The van der Waals surface area contributed by atoms with Gasteiger partial charge in [0, 0.05) is 19.3 Å². The van der Waals surface area contributed by atoms with Gasteiger partial charge in [0.05, 0.1) is 5.56 Å². The van der Waals surface area contributed by atoms with Crippen molar-refractivity contribution in [1.82, 2.24) is 4.98 Å². The third-order valence-electron chi connectivity index (χ3n) is 2.97. The number of hydrogen-bond acceptors (Lipinski definition) is 4. The molecular formula is C13H22N4O. The van der Waals surface area contributed by atoms with Gasteiger partial charge in [-0.15, -0.1) is 0 Å². The van der Waals surface area contributed by atoms with Crippen LogP contribution in [0.1, 0.15) is 37.8 Å². The number of aromatic nitrogens is 1. The Balaban J connectivity index is 3.17. The zero-order chi connectivity index (χ0) is 13.5. The van der Waals surface area contributed by atoms with Crippen LogP contribution in [0.4, 0.5) is 5.82 Å². The third kappa shape index (κ3) is 3.12. The van der Waals surface area contributed by atoms with Crippen molar-refractivity contribution in [3.8, 4) is 0 Å². The summed E-state index contributed by atoms with van der Waals surface area (Å²) in [6.07, 6.45) is 3.98. The monoisotopic (exact) mass is 250 g/mol. The van der Waals surface area contributed by atoms with Gasteiger partial charge in [-0.05, 0) is 31.9 Å². The molecule has 0 amide bonds. The smallest absolute Gasteiger partial charge is 0.174 e. The number of nitrogens with two attached hydrogens (primary N) is 1. The number of oxime groups is 1. The molecule has 1 heterocycles. The number of anilines is 1. The lowest BCUT2D eigenvalue weighted by Gasteiger charge is -2.24. The summed E-state index contributed by atoms with van der Waals surface area (Å²) in [4.78, 5) is 6.54. The van der Waals surface area contributed by atoms with Crippen molar-refractivity contribution >= 4 is 11.7 Å². The maximum absolute atomic E-state index is 8.88. The first-order valence-corrected chi connectivity index (χ1v) is 6.34. The molecular weight excluding hydrogens is 228 g/mol. The van der Waals surface area contributed by atoms with E-state index >= 15 is 0 Å². The molecule has 0 atom stereocenters. The van der Waals surface area contributed by atoms with Crippen LogP contribution in [0.2, 0.25) is 0 Å². The molecule has 0 aliphatic carbocycles. The van der Waals surface area contributed by atoms with Crippen molar-refractivity contribution < 1.29 is 5.21 Å². The van der Waals surface area contributed by atoms with E-state index < -0.39 is 0 Å². The Hall–Kier alpha value is -1.78. The van der Waals surface area contributed by atoms with Crippen molar-refractivity contribution in [3.63, 3.8) is 0 Å². The first-order valence-electron chi connectivity index (χ1n) is 6.34. The molecule has 0 fully saturated rings. The molecule has 0 spiro atoms. The van der Waals surface area contributed by atoms with Gasteiger partial charge in [-0.1, -0.05) is 18.5 Å². The van der Waals surface area contributed by atoms with E-state index in [1.54, 1.807) is 6.20 Å².